The average molecular weight is 505 g/mol. The third-order valence-corrected chi connectivity index (χ3v) is 8.92. The number of carbonyl (C=O) groups is 1. The Kier molecular flexibility index (Phi) is 7.63. The molecule has 35 heavy (non-hydrogen) atoms. The fraction of sp³-hybridized carbons (Fsp3) is 0.429. The van der Waals surface area contributed by atoms with Crippen LogP contribution in [-0.2, 0) is 30.5 Å². The molecule has 0 saturated heterocycles. The Bertz CT molecular complexity index is 1340. The van der Waals surface area contributed by atoms with E-state index in [0.717, 1.165) is 58.6 Å². The number of fused-ring (bicyclic) bond motifs is 5. The summed E-state index contributed by atoms with van der Waals surface area (Å²) in [4.78, 5) is 28.1. The lowest BCUT2D eigenvalue weighted by atomic mass is 9.88. The molecule has 0 bridgehead atoms. The van der Waals surface area contributed by atoms with Crippen molar-refractivity contribution < 1.29 is 4.79 Å². The fourth-order valence-electron chi connectivity index (χ4n) is 5.01. The van der Waals surface area contributed by atoms with Gasteiger partial charge in [-0.2, -0.15) is 0 Å². The molecule has 3 heterocycles. The Hall–Kier alpha value is -2.51. The summed E-state index contributed by atoms with van der Waals surface area (Å²) < 4.78 is 1.06. The third-order valence-electron chi connectivity index (χ3n) is 6.72. The van der Waals surface area contributed by atoms with Gasteiger partial charge in [0.15, 0.2) is 0 Å². The maximum absolute atomic E-state index is 12.7. The second-order valence-electron chi connectivity index (χ2n) is 9.39. The van der Waals surface area contributed by atoms with Crippen LogP contribution in [0.2, 0.25) is 0 Å². The van der Waals surface area contributed by atoms with E-state index in [4.69, 9.17) is 4.98 Å². The van der Waals surface area contributed by atoms with Crippen molar-refractivity contribution in [1.29, 1.82) is 0 Å². The largest absolute Gasteiger partial charge is 0.353 e. The molecule has 0 aliphatic heterocycles. The molecule has 0 radical (unpaired) electrons. The summed E-state index contributed by atoms with van der Waals surface area (Å²) in [5.74, 6) is 0.395. The van der Waals surface area contributed by atoms with Crippen LogP contribution in [0.1, 0.15) is 61.9 Å². The lowest BCUT2D eigenvalue weighted by Crippen LogP contribution is -2.34. The molecule has 5 nitrogen and oxygen atoms in total. The third kappa shape index (κ3) is 5.36. The summed E-state index contributed by atoms with van der Waals surface area (Å²) in [5.41, 5.74) is 6.49. The summed E-state index contributed by atoms with van der Waals surface area (Å²) in [5, 5.41) is 5.25. The highest BCUT2D eigenvalue weighted by Gasteiger charge is 2.23. The van der Waals surface area contributed by atoms with E-state index in [2.05, 4.69) is 53.4 Å². The molecule has 3 aromatic heterocycles. The Balaban J connectivity index is 1.31. The second kappa shape index (κ2) is 11.0. The molecule has 1 N–H and O–H groups in total. The van der Waals surface area contributed by atoms with Crippen LogP contribution < -0.4 is 5.32 Å². The highest BCUT2D eigenvalue weighted by molar-refractivity contribution is 8.00. The number of nitrogens with one attached hydrogen (secondary N) is 1. The number of amides is 1. The number of thioether (sulfide) groups is 1. The predicted molar refractivity (Wildman–Crippen MR) is 146 cm³/mol. The first-order chi connectivity index (χ1) is 17.1. The summed E-state index contributed by atoms with van der Waals surface area (Å²) in [6.07, 6.45) is 10.4. The van der Waals surface area contributed by atoms with E-state index >= 15 is 0 Å². The molecular formula is C28H32N4OS2. The van der Waals surface area contributed by atoms with Gasteiger partial charge in [0.05, 0.1) is 16.0 Å². The zero-order valence-electron chi connectivity index (χ0n) is 20.5. The normalized spacial score (nSPS) is 14.2. The van der Waals surface area contributed by atoms with Crippen LogP contribution >= 0.6 is 23.1 Å². The van der Waals surface area contributed by atoms with Gasteiger partial charge in [0.1, 0.15) is 16.2 Å². The van der Waals surface area contributed by atoms with Gasteiger partial charge >= 0.3 is 0 Å². The van der Waals surface area contributed by atoms with Crippen molar-refractivity contribution in [2.24, 2.45) is 0 Å². The number of carbonyl (C=O) groups excluding carboxylic acids is 1. The lowest BCUT2D eigenvalue weighted by Gasteiger charge is -2.19. The van der Waals surface area contributed by atoms with Crippen LogP contribution in [0.3, 0.4) is 0 Å². The molecule has 0 fully saturated rings. The molecule has 1 aromatic carbocycles. The maximum Gasteiger partial charge on any atom is 0.230 e. The molecule has 1 aliphatic carbocycles. The number of nitrogens with zero attached hydrogens (tertiary/aromatic N) is 3. The minimum absolute atomic E-state index is 0.0455. The van der Waals surface area contributed by atoms with Gasteiger partial charge in [-0.05, 0) is 68.6 Å². The Morgan fingerprint density at radius 2 is 1.91 bits per heavy atom. The number of thiophene rings is 1. The number of aryl methyl sites for hydroxylation is 3. The van der Waals surface area contributed by atoms with Gasteiger partial charge in [-0.25, -0.2) is 15.0 Å². The maximum atomic E-state index is 12.7. The minimum Gasteiger partial charge on any atom is -0.353 e. The first-order valence-electron chi connectivity index (χ1n) is 12.7. The number of hydrogen-bond acceptors (Lipinski definition) is 6. The van der Waals surface area contributed by atoms with Crippen LogP contribution in [0.5, 0.6) is 0 Å². The molecule has 5 rings (SSSR count). The molecule has 182 valence electrons. The first kappa shape index (κ1) is 24.2. The average Bonchev–Trinajstić information content (AvgIpc) is 3.26. The van der Waals surface area contributed by atoms with Gasteiger partial charge in [0.25, 0.3) is 0 Å². The Morgan fingerprint density at radius 1 is 1.11 bits per heavy atom. The SMILES string of the molecule is CCCc1nc2sc3c(SCC(=O)NC(C)CCc4ccccc4)ncnc3c2c2c1CCCC2. The predicted octanol–water partition coefficient (Wildman–Crippen LogP) is 6.30. The highest BCUT2D eigenvalue weighted by Crippen LogP contribution is 2.41. The van der Waals surface area contributed by atoms with E-state index in [9.17, 15) is 4.79 Å². The monoisotopic (exact) mass is 504 g/mol. The molecular weight excluding hydrogens is 472 g/mol. The number of pyridine rings is 1. The highest BCUT2D eigenvalue weighted by atomic mass is 32.2. The molecule has 1 aliphatic rings. The number of hydrogen-bond donors (Lipinski definition) is 1. The van der Waals surface area contributed by atoms with Crippen LogP contribution in [0.15, 0.2) is 41.7 Å². The molecule has 4 aromatic rings. The van der Waals surface area contributed by atoms with Gasteiger partial charge in [0.2, 0.25) is 5.91 Å². The Labute approximate surface area is 215 Å². The zero-order chi connectivity index (χ0) is 24.2. The first-order valence-corrected chi connectivity index (χ1v) is 14.5. The smallest absolute Gasteiger partial charge is 0.230 e. The van der Waals surface area contributed by atoms with Crippen molar-refractivity contribution in [3.8, 4) is 0 Å². The molecule has 0 spiro atoms. The van der Waals surface area contributed by atoms with Crippen LogP contribution in [0, 0.1) is 0 Å². The van der Waals surface area contributed by atoms with Crippen LogP contribution in [0.25, 0.3) is 20.4 Å². The summed E-state index contributed by atoms with van der Waals surface area (Å²) >= 11 is 3.18. The number of aromatic nitrogens is 3. The van der Waals surface area contributed by atoms with Crippen LogP contribution in [0.4, 0.5) is 0 Å². The molecule has 1 amide bonds. The number of rotatable bonds is 9. The van der Waals surface area contributed by atoms with Crippen molar-refractivity contribution in [1.82, 2.24) is 20.3 Å². The quantitative estimate of drug-likeness (QED) is 0.214. The second-order valence-corrected chi connectivity index (χ2v) is 11.4. The summed E-state index contributed by atoms with van der Waals surface area (Å²) in [6.45, 7) is 4.29. The van der Waals surface area contributed by atoms with Crippen molar-refractivity contribution in [2.45, 2.75) is 76.3 Å². The molecule has 7 heteroatoms. The van der Waals surface area contributed by atoms with Gasteiger partial charge in [-0.3, -0.25) is 4.79 Å². The molecule has 1 unspecified atom stereocenters. The van der Waals surface area contributed by atoms with E-state index in [-0.39, 0.29) is 11.9 Å². The van der Waals surface area contributed by atoms with E-state index in [0.29, 0.717) is 5.75 Å². The topological polar surface area (TPSA) is 67.8 Å². The number of benzene rings is 1. The van der Waals surface area contributed by atoms with E-state index in [1.54, 1.807) is 17.7 Å². The molecule has 0 saturated carbocycles. The van der Waals surface area contributed by atoms with Crippen LogP contribution in [-0.4, -0.2) is 32.7 Å². The van der Waals surface area contributed by atoms with E-state index in [1.807, 2.05) is 6.07 Å². The molecule has 1 atom stereocenters. The van der Waals surface area contributed by atoms with E-state index < -0.39 is 0 Å². The zero-order valence-corrected chi connectivity index (χ0v) is 22.1. The van der Waals surface area contributed by atoms with Crippen molar-refractivity contribution in [2.75, 3.05) is 5.75 Å². The van der Waals surface area contributed by atoms with Gasteiger partial charge in [0, 0.05) is 17.1 Å². The van der Waals surface area contributed by atoms with Crippen molar-refractivity contribution in [3.05, 3.63) is 59.0 Å². The fourth-order valence-corrected chi connectivity index (χ4v) is 7.08. The summed E-state index contributed by atoms with van der Waals surface area (Å²) in [7, 11) is 0. The van der Waals surface area contributed by atoms with E-state index in [1.165, 1.54) is 52.4 Å². The van der Waals surface area contributed by atoms with Gasteiger partial charge in [-0.1, -0.05) is 55.4 Å². The van der Waals surface area contributed by atoms with Gasteiger partial charge < -0.3 is 5.32 Å². The van der Waals surface area contributed by atoms with Crippen molar-refractivity contribution >= 4 is 49.4 Å². The minimum atomic E-state index is 0.0455. The summed E-state index contributed by atoms with van der Waals surface area (Å²) in [6, 6.07) is 10.5. The van der Waals surface area contributed by atoms with Crippen molar-refractivity contribution in [3.63, 3.8) is 0 Å². The Morgan fingerprint density at radius 3 is 2.71 bits per heavy atom. The standard InChI is InChI=1S/C28H32N4OS2/c1-3-9-22-20-12-7-8-13-21(20)24-25-26(35-27(24)32-22)28(30-17-29-25)34-16-23(33)31-18(2)14-15-19-10-5-4-6-11-19/h4-6,10-11,17-18H,3,7-9,12-16H2,1-2H3,(H,31,33). The van der Waals surface area contributed by atoms with Gasteiger partial charge in [-0.15, -0.1) is 11.3 Å². The lowest BCUT2D eigenvalue weighted by molar-refractivity contribution is -0.119.